The Kier molecular flexibility index (Phi) is 4.28. The van der Waals surface area contributed by atoms with Gasteiger partial charge in [0.1, 0.15) is 5.82 Å². The Bertz CT molecular complexity index is 515. The van der Waals surface area contributed by atoms with Crippen LogP contribution in [-0.2, 0) is 4.74 Å². The number of hydrogen-bond acceptors (Lipinski definition) is 3. The van der Waals surface area contributed by atoms with Gasteiger partial charge in [0.15, 0.2) is 0 Å². The number of aromatic nitrogens is 1. The van der Waals surface area contributed by atoms with Crippen LogP contribution < -0.4 is 5.32 Å². The highest BCUT2D eigenvalue weighted by molar-refractivity contribution is 5.33. The van der Waals surface area contributed by atoms with Gasteiger partial charge in [-0.3, -0.25) is 0 Å². The van der Waals surface area contributed by atoms with Crippen molar-refractivity contribution in [2.24, 2.45) is 5.92 Å². The minimum Gasteiger partial charge on any atom is -0.373 e. The molecule has 2 heterocycles. The average molecular weight is 268 g/mol. The standard InChI is InChI=1S/C17H20N2O/c1-2-7-14(8-3-1)17-15(9-6-12-20-17)13-19-16-10-4-5-11-18-16/h1-5,7-8,10-11,15,17H,6,9,12-13H2,(H,18,19). The van der Waals surface area contributed by atoms with Gasteiger partial charge in [0.05, 0.1) is 6.10 Å². The molecule has 3 nitrogen and oxygen atoms in total. The predicted octanol–water partition coefficient (Wildman–Crippen LogP) is 3.66. The van der Waals surface area contributed by atoms with Crippen molar-refractivity contribution in [3.63, 3.8) is 0 Å². The molecule has 1 N–H and O–H groups in total. The first kappa shape index (κ1) is 13.1. The molecule has 0 aliphatic carbocycles. The summed E-state index contributed by atoms with van der Waals surface area (Å²) < 4.78 is 6.00. The molecule has 1 aromatic heterocycles. The highest BCUT2D eigenvalue weighted by Gasteiger charge is 2.27. The lowest BCUT2D eigenvalue weighted by molar-refractivity contribution is -0.0238. The van der Waals surface area contributed by atoms with E-state index in [9.17, 15) is 0 Å². The number of hydrogen-bond donors (Lipinski definition) is 1. The summed E-state index contributed by atoms with van der Waals surface area (Å²) in [6, 6.07) is 16.5. The van der Waals surface area contributed by atoms with Gasteiger partial charge in [0, 0.05) is 25.3 Å². The quantitative estimate of drug-likeness (QED) is 0.918. The van der Waals surface area contributed by atoms with Crippen LogP contribution in [0.5, 0.6) is 0 Å². The molecule has 0 amide bonds. The van der Waals surface area contributed by atoms with Crippen molar-refractivity contribution in [1.82, 2.24) is 4.98 Å². The molecule has 1 aliphatic rings. The van der Waals surface area contributed by atoms with Gasteiger partial charge in [0.2, 0.25) is 0 Å². The number of ether oxygens (including phenoxy) is 1. The minimum absolute atomic E-state index is 0.196. The van der Waals surface area contributed by atoms with Gasteiger partial charge in [-0.2, -0.15) is 0 Å². The van der Waals surface area contributed by atoms with Crippen molar-refractivity contribution in [1.29, 1.82) is 0 Å². The predicted molar refractivity (Wildman–Crippen MR) is 80.6 cm³/mol. The van der Waals surface area contributed by atoms with E-state index < -0.39 is 0 Å². The molecule has 20 heavy (non-hydrogen) atoms. The topological polar surface area (TPSA) is 34.1 Å². The summed E-state index contributed by atoms with van der Waals surface area (Å²) in [6.45, 7) is 1.76. The molecule has 2 aromatic rings. The second-order valence-corrected chi connectivity index (χ2v) is 5.20. The summed E-state index contributed by atoms with van der Waals surface area (Å²) in [7, 11) is 0. The van der Waals surface area contributed by atoms with E-state index in [4.69, 9.17) is 4.74 Å². The second-order valence-electron chi connectivity index (χ2n) is 5.20. The fraction of sp³-hybridized carbons (Fsp3) is 0.353. The largest absolute Gasteiger partial charge is 0.373 e. The molecule has 0 bridgehead atoms. The lowest BCUT2D eigenvalue weighted by Gasteiger charge is -2.32. The third-order valence-corrected chi connectivity index (χ3v) is 3.78. The minimum atomic E-state index is 0.196. The number of rotatable bonds is 4. The van der Waals surface area contributed by atoms with Crippen molar-refractivity contribution in [3.8, 4) is 0 Å². The lowest BCUT2D eigenvalue weighted by Crippen LogP contribution is -2.28. The van der Waals surface area contributed by atoms with Crippen molar-refractivity contribution in [2.75, 3.05) is 18.5 Å². The zero-order chi connectivity index (χ0) is 13.6. The zero-order valence-electron chi connectivity index (χ0n) is 11.5. The summed E-state index contributed by atoms with van der Waals surface area (Å²) >= 11 is 0. The highest BCUT2D eigenvalue weighted by atomic mass is 16.5. The van der Waals surface area contributed by atoms with Crippen molar-refractivity contribution < 1.29 is 4.74 Å². The second kappa shape index (κ2) is 6.53. The van der Waals surface area contributed by atoms with Crippen LogP contribution in [0.2, 0.25) is 0 Å². The summed E-state index contributed by atoms with van der Waals surface area (Å²) in [4.78, 5) is 4.31. The SMILES string of the molecule is c1ccc(C2OCCCC2CNc2ccccn2)cc1. The van der Waals surface area contributed by atoms with Crippen LogP contribution in [0.4, 0.5) is 5.82 Å². The molecule has 0 saturated carbocycles. The van der Waals surface area contributed by atoms with E-state index in [0.717, 1.165) is 25.4 Å². The molecule has 0 radical (unpaired) electrons. The number of nitrogens with zero attached hydrogens (tertiary/aromatic N) is 1. The molecular formula is C17H20N2O. The highest BCUT2D eigenvalue weighted by Crippen LogP contribution is 2.33. The molecule has 2 unspecified atom stereocenters. The number of nitrogens with one attached hydrogen (secondary N) is 1. The normalized spacial score (nSPS) is 22.4. The van der Waals surface area contributed by atoms with Gasteiger partial charge >= 0.3 is 0 Å². The maximum atomic E-state index is 6.00. The first-order valence-corrected chi connectivity index (χ1v) is 7.25. The molecule has 3 rings (SSSR count). The van der Waals surface area contributed by atoms with E-state index in [0.29, 0.717) is 5.92 Å². The molecule has 1 aromatic carbocycles. The van der Waals surface area contributed by atoms with Gasteiger partial charge in [-0.25, -0.2) is 4.98 Å². The van der Waals surface area contributed by atoms with E-state index >= 15 is 0 Å². The smallest absolute Gasteiger partial charge is 0.125 e. The summed E-state index contributed by atoms with van der Waals surface area (Å²) in [5.74, 6) is 1.43. The van der Waals surface area contributed by atoms with Crippen molar-refractivity contribution >= 4 is 5.82 Å². The molecule has 2 atom stereocenters. The fourth-order valence-corrected chi connectivity index (χ4v) is 2.77. The van der Waals surface area contributed by atoms with Crippen molar-refractivity contribution in [2.45, 2.75) is 18.9 Å². The monoisotopic (exact) mass is 268 g/mol. The lowest BCUT2D eigenvalue weighted by atomic mass is 9.89. The summed E-state index contributed by atoms with van der Waals surface area (Å²) in [6.07, 6.45) is 4.34. The number of benzene rings is 1. The Morgan fingerprint density at radius 2 is 1.95 bits per heavy atom. The molecule has 1 fully saturated rings. The van der Waals surface area contributed by atoms with Crippen LogP contribution in [0, 0.1) is 5.92 Å². The first-order valence-electron chi connectivity index (χ1n) is 7.25. The van der Waals surface area contributed by atoms with Gasteiger partial charge in [-0.1, -0.05) is 36.4 Å². The summed E-state index contributed by atoms with van der Waals surface area (Å²) in [5.41, 5.74) is 1.28. The Balaban J connectivity index is 1.67. The molecule has 1 aliphatic heterocycles. The maximum Gasteiger partial charge on any atom is 0.125 e. The Labute approximate surface area is 120 Å². The van der Waals surface area contributed by atoms with Gasteiger partial charge in [-0.05, 0) is 30.5 Å². The molecule has 104 valence electrons. The van der Waals surface area contributed by atoms with Crippen LogP contribution in [0.3, 0.4) is 0 Å². The third-order valence-electron chi connectivity index (χ3n) is 3.78. The molecule has 1 saturated heterocycles. The average Bonchev–Trinajstić information content (AvgIpc) is 2.55. The maximum absolute atomic E-state index is 6.00. The van der Waals surface area contributed by atoms with Crippen LogP contribution in [0.1, 0.15) is 24.5 Å². The Morgan fingerprint density at radius 1 is 1.10 bits per heavy atom. The van der Waals surface area contributed by atoms with E-state index in [1.165, 1.54) is 12.0 Å². The Hall–Kier alpha value is -1.87. The fourth-order valence-electron chi connectivity index (χ4n) is 2.77. The van der Waals surface area contributed by atoms with Gasteiger partial charge < -0.3 is 10.1 Å². The van der Waals surface area contributed by atoms with Crippen molar-refractivity contribution in [3.05, 3.63) is 60.3 Å². The molecule has 3 heteroatoms. The zero-order valence-corrected chi connectivity index (χ0v) is 11.5. The third kappa shape index (κ3) is 3.17. The number of pyridine rings is 1. The van der Waals surface area contributed by atoms with E-state index in [1.807, 2.05) is 30.5 Å². The van der Waals surface area contributed by atoms with Crippen LogP contribution in [0.25, 0.3) is 0 Å². The summed E-state index contributed by atoms with van der Waals surface area (Å²) in [5, 5.41) is 3.42. The van der Waals surface area contributed by atoms with E-state index in [1.54, 1.807) is 0 Å². The van der Waals surface area contributed by atoms with E-state index in [2.05, 4.69) is 34.6 Å². The molecular weight excluding hydrogens is 248 g/mol. The number of anilines is 1. The van der Waals surface area contributed by atoms with Crippen LogP contribution >= 0.6 is 0 Å². The van der Waals surface area contributed by atoms with Gasteiger partial charge in [0.25, 0.3) is 0 Å². The van der Waals surface area contributed by atoms with Crippen LogP contribution in [0.15, 0.2) is 54.7 Å². The van der Waals surface area contributed by atoms with E-state index in [-0.39, 0.29) is 6.10 Å². The molecule has 0 spiro atoms. The van der Waals surface area contributed by atoms with Gasteiger partial charge in [-0.15, -0.1) is 0 Å². The van der Waals surface area contributed by atoms with Crippen LogP contribution in [-0.4, -0.2) is 18.1 Å². The Morgan fingerprint density at radius 3 is 2.75 bits per heavy atom. The first-order chi connectivity index (χ1) is 9.93.